The summed E-state index contributed by atoms with van der Waals surface area (Å²) in [7, 11) is 0. The van der Waals surface area contributed by atoms with Gasteiger partial charge in [-0.1, -0.05) is 60.4 Å². The standard InChI is InChI=1S/C24H23N3O2/c1-2-27-16-18(15-26-27)9-7-8-14-25-24(28)29-17-23-21-12-5-3-10-19(21)20-11-4-6-13-22(20)23/h3-6,10-13,15-16,23H,2,8,14,17H2,1H3,(H,25,28). The van der Waals surface area contributed by atoms with Crippen LogP contribution in [-0.2, 0) is 11.3 Å². The predicted molar refractivity (Wildman–Crippen MR) is 112 cm³/mol. The van der Waals surface area contributed by atoms with E-state index in [-0.39, 0.29) is 5.92 Å². The topological polar surface area (TPSA) is 56.2 Å². The van der Waals surface area contributed by atoms with Gasteiger partial charge in [0.2, 0.25) is 0 Å². The highest BCUT2D eigenvalue weighted by Gasteiger charge is 2.28. The van der Waals surface area contributed by atoms with Gasteiger partial charge in [-0.05, 0) is 29.2 Å². The van der Waals surface area contributed by atoms with Crippen molar-refractivity contribution in [1.29, 1.82) is 0 Å². The van der Waals surface area contributed by atoms with E-state index in [9.17, 15) is 4.79 Å². The summed E-state index contributed by atoms with van der Waals surface area (Å²) >= 11 is 0. The molecule has 0 bridgehead atoms. The number of aromatic nitrogens is 2. The molecule has 29 heavy (non-hydrogen) atoms. The lowest BCUT2D eigenvalue weighted by Crippen LogP contribution is -2.26. The summed E-state index contributed by atoms with van der Waals surface area (Å²) in [6.45, 7) is 3.63. The highest BCUT2D eigenvalue weighted by Crippen LogP contribution is 2.44. The molecular weight excluding hydrogens is 362 g/mol. The third-order valence-electron chi connectivity index (χ3n) is 5.05. The maximum Gasteiger partial charge on any atom is 0.407 e. The minimum absolute atomic E-state index is 0.0723. The molecule has 146 valence electrons. The van der Waals surface area contributed by atoms with Crippen LogP contribution >= 0.6 is 0 Å². The molecule has 1 aliphatic rings. The Morgan fingerprint density at radius 3 is 2.48 bits per heavy atom. The van der Waals surface area contributed by atoms with Gasteiger partial charge in [-0.15, -0.1) is 0 Å². The lowest BCUT2D eigenvalue weighted by molar-refractivity contribution is 0.143. The summed E-state index contributed by atoms with van der Waals surface area (Å²) in [5, 5.41) is 6.95. The number of amides is 1. The molecule has 4 rings (SSSR count). The number of benzene rings is 2. The van der Waals surface area contributed by atoms with Crippen LogP contribution in [0.25, 0.3) is 11.1 Å². The van der Waals surface area contributed by atoms with Crippen molar-refractivity contribution in [2.75, 3.05) is 13.2 Å². The maximum absolute atomic E-state index is 12.1. The first-order chi connectivity index (χ1) is 14.3. The Morgan fingerprint density at radius 2 is 1.83 bits per heavy atom. The first-order valence-corrected chi connectivity index (χ1v) is 9.86. The summed E-state index contributed by atoms with van der Waals surface area (Å²) in [4.78, 5) is 12.1. The van der Waals surface area contributed by atoms with Crippen molar-refractivity contribution in [3.05, 3.63) is 77.6 Å². The number of fused-ring (bicyclic) bond motifs is 3. The number of alkyl carbamates (subject to hydrolysis) is 1. The average molecular weight is 385 g/mol. The summed E-state index contributed by atoms with van der Waals surface area (Å²) in [6, 6.07) is 16.6. The van der Waals surface area contributed by atoms with E-state index < -0.39 is 6.09 Å². The van der Waals surface area contributed by atoms with Gasteiger partial charge in [0.05, 0.1) is 11.8 Å². The molecule has 0 saturated carbocycles. The van der Waals surface area contributed by atoms with Crippen molar-refractivity contribution in [2.45, 2.75) is 25.8 Å². The zero-order chi connectivity index (χ0) is 20.1. The molecule has 0 spiro atoms. The van der Waals surface area contributed by atoms with E-state index in [0.717, 1.165) is 12.1 Å². The first kappa shape index (κ1) is 18.8. The summed E-state index contributed by atoms with van der Waals surface area (Å²) < 4.78 is 7.34. The molecule has 2 aromatic carbocycles. The zero-order valence-electron chi connectivity index (χ0n) is 16.4. The number of ether oxygens (including phenoxy) is 1. The van der Waals surface area contributed by atoms with Crippen molar-refractivity contribution in [3.63, 3.8) is 0 Å². The Morgan fingerprint density at radius 1 is 1.14 bits per heavy atom. The van der Waals surface area contributed by atoms with E-state index in [1.807, 2.05) is 42.1 Å². The normalized spacial score (nSPS) is 11.9. The fourth-order valence-electron chi connectivity index (χ4n) is 3.64. The van der Waals surface area contributed by atoms with Gasteiger partial charge in [-0.2, -0.15) is 5.10 Å². The van der Waals surface area contributed by atoms with Crippen LogP contribution in [0, 0.1) is 11.8 Å². The SMILES string of the molecule is CCn1cc(C#CCCNC(=O)OCC2c3ccccc3-c3ccccc32)cn1. The van der Waals surface area contributed by atoms with E-state index in [1.54, 1.807) is 6.20 Å². The van der Waals surface area contributed by atoms with Crippen LogP contribution in [0.15, 0.2) is 60.9 Å². The number of aryl methyl sites for hydroxylation is 1. The lowest BCUT2D eigenvalue weighted by Gasteiger charge is -2.14. The molecule has 0 atom stereocenters. The van der Waals surface area contributed by atoms with E-state index >= 15 is 0 Å². The lowest BCUT2D eigenvalue weighted by atomic mass is 9.98. The highest BCUT2D eigenvalue weighted by molar-refractivity contribution is 5.79. The number of carbonyl (C=O) groups is 1. The van der Waals surface area contributed by atoms with Gasteiger partial charge in [0.15, 0.2) is 0 Å². The van der Waals surface area contributed by atoms with Gasteiger partial charge in [0.25, 0.3) is 0 Å². The van der Waals surface area contributed by atoms with E-state index in [4.69, 9.17) is 4.74 Å². The van der Waals surface area contributed by atoms with Crippen LogP contribution in [0.5, 0.6) is 0 Å². The van der Waals surface area contributed by atoms with E-state index in [2.05, 4.69) is 46.5 Å². The number of nitrogens with one attached hydrogen (secondary N) is 1. The minimum atomic E-state index is -0.410. The van der Waals surface area contributed by atoms with Gasteiger partial charge < -0.3 is 10.1 Å². The van der Waals surface area contributed by atoms with Gasteiger partial charge in [-0.25, -0.2) is 4.79 Å². The van der Waals surface area contributed by atoms with Gasteiger partial charge in [0.1, 0.15) is 6.61 Å². The molecule has 0 saturated heterocycles. The Hall–Kier alpha value is -3.52. The van der Waals surface area contributed by atoms with Crippen molar-refractivity contribution in [3.8, 4) is 23.0 Å². The third kappa shape index (κ3) is 4.17. The molecule has 3 aromatic rings. The van der Waals surface area contributed by atoms with Crippen LogP contribution in [0.4, 0.5) is 4.79 Å². The van der Waals surface area contributed by atoms with Crippen molar-refractivity contribution in [1.82, 2.24) is 15.1 Å². The summed E-state index contributed by atoms with van der Waals surface area (Å²) in [6.07, 6.45) is 3.80. The number of hydrogen-bond acceptors (Lipinski definition) is 3. The van der Waals surface area contributed by atoms with Gasteiger partial charge >= 0.3 is 6.09 Å². The second kappa shape index (κ2) is 8.66. The molecule has 1 amide bonds. The van der Waals surface area contributed by atoms with Crippen molar-refractivity contribution in [2.24, 2.45) is 0 Å². The van der Waals surface area contributed by atoms with Gasteiger partial charge in [-0.3, -0.25) is 4.68 Å². The molecule has 1 N–H and O–H groups in total. The van der Waals surface area contributed by atoms with Crippen LogP contribution in [0.3, 0.4) is 0 Å². The Kier molecular flexibility index (Phi) is 5.62. The second-order valence-electron chi connectivity index (χ2n) is 6.89. The largest absolute Gasteiger partial charge is 0.449 e. The Balaban J connectivity index is 1.28. The molecule has 1 aromatic heterocycles. The molecule has 0 fully saturated rings. The molecule has 0 radical (unpaired) electrons. The fraction of sp³-hybridized carbons (Fsp3) is 0.250. The summed E-state index contributed by atoms with van der Waals surface area (Å²) in [5.41, 5.74) is 5.74. The van der Waals surface area contributed by atoms with Crippen LogP contribution in [0.2, 0.25) is 0 Å². The van der Waals surface area contributed by atoms with E-state index in [1.165, 1.54) is 22.3 Å². The maximum atomic E-state index is 12.1. The van der Waals surface area contributed by atoms with Crippen LogP contribution < -0.4 is 5.32 Å². The van der Waals surface area contributed by atoms with Crippen LogP contribution in [-0.4, -0.2) is 29.0 Å². The molecule has 0 aliphatic heterocycles. The molecule has 5 nitrogen and oxygen atoms in total. The monoisotopic (exact) mass is 385 g/mol. The number of nitrogens with zero attached hydrogens (tertiary/aromatic N) is 2. The van der Waals surface area contributed by atoms with Crippen LogP contribution in [0.1, 0.15) is 36.0 Å². The number of carbonyl (C=O) groups excluding carboxylic acids is 1. The van der Waals surface area contributed by atoms with Crippen molar-refractivity contribution < 1.29 is 9.53 Å². The molecule has 5 heteroatoms. The predicted octanol–water partition coefficient (Wildman–Crippen LogP) is 4.18. The Bertz CT molecular complexity index is 1030. The second-order valence-corrected chi connectivity index (χ2v) is 6.89. The van der Waals surface area contributed by atoms with Crippen molar-refractivity contribution >= 4 is 6.09 Å². The quantitative estimate of drug-likeness (QED) is 0.529. The Labute approximate surface area is 170 Å². The molecule has 1 aliphatic carbocycles. The average Bonchev–Trinajstić information content (AvgIpc) is 3.34. The highest BCUT2D eigenvalue weighted by atomic mass is 16.5. The fourth-order valence-corrected chi connectivity index (χ4v) is 3.64. The minimum Gasteiger partial charge on any atom is -0.449 e. The number of rotatable bonds is 5. The molecule has 1 heterocycles. The molecule has 0 unspecified atom stereocenters. The zero-order valence-corrected chi connectivity index (χ0v) is 16.4. The summed E-state index contributed by atoms with van der Waals surface area (Å²) in [5.74, 6) is 6.16. The van der Waals surface area contributed by atoms with E-state index in [0.29, 0.717) is 19.6 Å². The third-order valence-corrected chi connectivity index (χ3v) is 5.05. The number of hydrogen-bond donors (Lipinski definition) is 1. The first-order valence-electron chi connectivity index (χ1n) is 9.86. The molecular formula is C24H23N3O2. The smallest absolute Gasteiger partial charge is 0.407 e. The van der Waals surface area contributed by atoms with Gasteiger partial charge in [0, 0.05) is 31.6 Å².